The van der Waals surface area contributed by atoms with E-state index in [0.29, 0.717) is 32.7 Å². The molecule has 130 valence electrons. The Bertz CT molecular complexity index is 923. The summed E-state index contributed by atoms with van der Waals surface area (Å²) < 4.78 is 0. The van der Waals surface area contributed by atoms with Crippen LogP contribution < -0.4 is 0 Å². The monoisotopic (exact) mass is 385 g/mol. The number of benzene rings is 2. The first-order valence-electron chi connectivity index (χ1n) is 7.53. The highest BCUT2D eigenvalue weighted by molar-refractivity contribution is 6.31. The molecule has 0 saturated heterocycles. The number of nitrogens with zero attached hydrogens (tertiary/aromatic N) is 3. The van der Waals surface area contributed by atoms with Crippen molar-refractivity contribution in [1.29, 1.82) is 0 Å². The van der Waals surface area contributed by atoms with Crippen molar-refractivity contribution in [2.75, 3.05) is 0 Å². The van der Waals surface area contributed by atoms with E-state index in [1.807, 2.05) is 0 Å². The highest BCUT2D eigenvalue weighted by Crippen LogP contribution is 2.27. The van der Waals surface area contributed by atoms with E-state index in [1.54, 1.807) is 42.6 Å². The predicted octanol–water partition coefficient (Wildman–Crippen LogP) is 5.30. The van der Waals surface area contributed by atoms with Crippen LogP contribution in [0.2, 0.25) is 10.0 Å². The summed E-state index contributed by atoms with van der Waals surface area (Å²) in [5, 5.41) is 20.7. The minimum Gasteiger partial charge on any atom is -0.507 e. The molecular weight excluding hydrogens is 373 g/mol. The Labute approximate surface area is 159 Å². The number of hydrogen-bond acceptors (Lipinski definition) is 5. The van der Waals surface area contributed by atoms with Gasteiger partial charge in [-0.2, -0.15) is 0 Å². The van der Waals surface area contributed by atoms with Gasteiger partial charge in [-0.25, -0.2) is 9.98 Å². The van der Waals surface area contributed by atoms with E-state index < -0.39 is 0 Å². The van der Waals surface area contributed by atoms with E-state index in [-0.39, 0.29) is 11.5 Å². The van der Waals surface area contributed by atoms with Gasteiger partial charge in [0.25, 0.3) is 0 Å². The van der Waals surface area contributed by atoms with Gasteiger partial charge in [0.15, 0.2) is 5.82 Å². The second-order valence-electron chi connectivity index (χ2n) is 5.27. The predicted molar refractivity (Wildman–Crippen MR) is 105 cm³/mol. The first-order chi connectivity index (χ1) is 12.5. The lowest BCUT2D eigenvalue weighted by atomic mass is 10.2. The van der Waals surface area contributed by atoms with Crippen molar-refractivity contribution in [2.24, 2.45) is 9.98 Å². The van der Waals surface area contributed by atoms with E-state index >= 15 is 0 Å². The molecule has 0 aliphatic heterocycles. The van der Waals surface area contributed by atoms with Crippen molar-refractivity contribution >= 4 is 47.1 Å². The average molecular weight is 386 g/mol. The number of phenols is 2. The van der Waals surface area contributed by atoms with Gasteiger partial charge in [-0.3, -0.25) is 4.99 Å². The Balaban J connectivity index is 1.91. The number of phenolic OH excluding ortho intramolecular Hbond substituents is 2. The number of hydrogen-bond donors (Lipinski definition) is 2. The molecular formula is C19H13Cl2N3O2. The molecule has 2 N–H and O–H groups in total. The molecule has 1 aromatic heterocycles. The van der Waals surface area contributed by atoms with Gasteiger partial charge in [-0.15, -0.1) is 0 Å². The maximum atomic E-state index is 9.86. The smallest absolute Gasteiger partial charge is 0.178 e. The van der Waals surface area contributed by atoms with Crippen LogP contribution in [0.4, 0.5) is 11.5 Å². The van der Waals surface area contributed by atoms with E-state index in [9.17, 15) is 10.2 Å². The molecule has 2 aromatic carbocycles. The quantitative estimate of drug-likeness (QED) is 0.597. The van der Waals surface area contributed by atoms with Gasteiger partial charge < -0.3 is 10.2 Å². The van der Waals surface area contributed by atoms with Crippen LogP contribution in [0.5, 0.6) is 11.5 Å². The third kappa shape index (κ3) is 4.39. The van der Waals surface area contributed by atoms with E-state index in [1.165, 1.54) is 24.6 Å². The van der Waals surface area contributed by atoms with Gasteiger partial charge in [0.05, 0.1) is 0 Å². The van der Waals surface area contributed by atoms with Crippen molar-refractivity contribution < 1.29 is 10.2 Å². The third-order valence-electron chi connectivity index (χ3n) is 3.41. The molecule has 0 fully saturated rings. The summed E-state index contributed by atoms with van der Waals surface area (Å²) >= 11 is 11.9. The summed E-state index contributed by atoms with van der Waals surface area (Å²) in [6.45, 7) is 0. The summed E-state index contributed by atoms with van der Waals surface area (Å²) in [5.41, 5.74) is 1.43. The fourth-order valence-electron chi connectivity index (χ4n) is 2.12. The van der Waals surface area contributed by atoms with Crippen LogP contribution in [0.1, 0.15) is 11.1 Å². The summed E-state index contributed by atoms with van der Waals surface area (Å²) in [6, 6.07) is 12.8. The number of aromatic nitrogens is 1. The Morgan fingerprint density at radius 3 is 2.00 bits per heavy atom. The van der Waals surface area contributed by atoms with Gasteiger partial charge in [-0.05, 0) is 48.5 Å². The number of aliphatic imine (C=N–C) groups is 2. The Morgan fingerprint density at radius 1 is 0.808 bits per heavy atom. The zero-order valence-electron chi connectivity index (χ0n) is 13.3. The highest BCUT2D eigenvalue weighted by atomic mass is 35.5. The molecule has 0 amide bonds. The fourth-order valence-corrected chi connectivity index (χ4v) is 2.48. The molecule has 0 radical (unpaired) electrons. The lowest BCUT2D eigenvalue weighted by molar-refractivity contribution is 0.474. The molecule has 3 aromatic rings. The average Bonchev–Trinajstić information content (AvgIpc) is 2.64. The second-order valence-corrected chi connectivity index (χ2v) is 6.14. The molecule has 7 heteroatoms. The summed E-state index contributed by atoms with van der Waals surface area (Å²) in [7, 11) is 0. The minimum atomic E-state index is 0.0583. The van der Waals surface area contributed by atoms with Crippen molar-refractivity contribution in [3.63, 3.8) is 0 Å². The van der Waals surface area contributed by atoms with Gasteiger partial charge in [0.1, 0.15) is 17.2 Å². The molecule has 0 bridgehead atoms. The molecule has 0 atom stereocenters. The van der Waals surface area contributed by atoms with Crippen molar-refractivity contribution in [3.05, 3.63) is 75.9 Å². The van der Waals surface area contributed by atoms with Crippen LogP contribution >= 0.6 is 23.2 Å². The minimum absolute atomic E-state index is 0.0583. The zero-order valence-corrected chi connectivity index (χ0v) is 14.9. The molecule has 26 heavy (non-hydrogen) atoms. The molecule has 0 saturated carbocycles. The molecule has 0 aliphatic rings. The number of rotatable bonds is 4. The molecule has 0 aliphatic carbocycles. The lowest BCUT2D eigenvalue weighted by Gasteiger charge is -2.02. The van der Waals surface area contributed by atoms with Crippen molar-refractivity contribution in [2.45, 2.75) is 0 Å². The van der Waals surface area contributed by atoms with Crippen LogP contribution in [0, 0.1) is 0 Å². The number of aromatic hydroxyl groups is 2. The van der Waals surface area contributed by atoms with Gasteiger partial charge >= 0.3 is 0 Å². The SMILES string of the molecule is Oc1ccc(Cl)cc1C=Nc1cccnc1/N=C/c1cc(Cl)ccc1O. The first kappa shape index (κ1) is 17.9. The molecule has 3 rings (SSSR count). The van der Waals surface area contributed by atoms with Gasteiger partial charge in [-0.1, -0.05) is 23.2 Å². The molecule has 1 heterocycles. The molecule has 0 spiro atoms. The lowest BCUT2D eigenvalue weighted by Crippen LogP contribution is -1.85. The van der Waals surface area contributed by atoms with Crippen molar-refractivity contribution in [1.82, 2.24) is 4.98 Å². The number of pyridine rings is 1. The summed E-state index contributed by atoms with van der Waals surface area (Å²) in [6.07, 6.45) is 4.52. The molecule has 5 nitrogen and oxygen atoms in total. The topological polar surface area (TPSA) is 78.1 Å². The highest BCUT2D eigenvalue weighted by Gasteiger charge is 2.03. The Hall–Kier alpha value is -2.89. The number of halogens is 2. The van der Waals surface area contributed by atoms with Crippen LogP contribution in [0.25, 0.3) is 0 Å². The fraction of sp³-hybridized carbons (Fsp3) is 0. The maximum Gasteiger partial charge on any atom is 0.178 e. The van der Waals surface area contributed by atoms with Crippen molar-refractivity contribution in [3.8, 4) is 11.5 Å². The van der Waals surface area contributed by atoms with Crippen LogP contribution in [0.3, 0.4) is 0 Å². The standard InChI is InChI=1S/C19H13Cl2N3O2/c20-14-3-5-17(25)12(8-14)10-23-16-2-1-7-22-19(16)24-11-13-9-15(21)4-6-18(13)26/h1-11,25-26H/b23-10?,24-11+. The summed E-state index contributed by atoms with van der Waals surface area (Å²) in [5.74, 6) is 0.476. The van der Waals surface area contributed by atoms with Crippen LogP contribution in [-0.2, 0) is 0 Å². The zero-order chi connectivity index (χ0) is 18.5. The van der Waals surface area contributed by atoms with Gasteiger partial charge in [0.2, 0.25) is 0 Å². The largest absolute Gasteiger partial charge is 0.507 e. The van der Waals surface area contributed by atoms with E-state index in [0.717, 1.165) is 0 Å². The Morgan fingerprint density at radius 2 is 1.38 bits per heavy atom. The molecule has 0 unspecified atom stereocenters. The van der Waals surface area contributed by atoms with Gasteiger partial charge in [0, 0.05) is 39.8 Å². The second kappa shape index (κ2) is 7.99. The summed E-state index contributed by atoms with van der Waals surface area (Å²) in [4.78, 5) is 12.8. The van der Waals surface area contributed by atoms with E-state index in [2.05, 4.69) is 15.0 Å². The first-order valence-corrected chi connectivity index (χ1v) is 8.29. The van der Waals surface area contributed by atoms with E-state index in [4.69, 9.17) is 23.2 Å². The maximum absolute atomic E-state index is 9.86. The third-order valence-corrected chi connectivity index (χ3v) is 3.88. The van der Waals surface area contributed by atoms with Crippen LogP contribution in [0.15, 0.2) is 64.7 Å². The normalized spacial score (nSPS) is 11.5. The van der Waals surface area contributed by atoms with Crippen LogP contribution in [-0.4, -0.2) is 27.6 Å². The Kier molecular flexibility index (Phi) is 5.51.